The smallest absolute Gasteiger partial charge is 0.314 e. The summed E-state index contributed by atoms with van der Waals surface area (Å²) in [6.07, 6.45) is 5.94. The van der Waals surface area contributed by atoms with E-state index in [0.717, 1.165) is 17.7 Å². The van der Waals surface area contributed by atoms with Gasteiger partial charge in [-0.25, -0.2) is 0 Å². The van der Waals surface area contributed by atoms with E-state index in [9.17, 15) is 4.79 Å². The highest BCUT2D eigenvalue weighted by atomic mass is 32.1. The molecule has 1 atom stereocenters. The number of aryl methyl sites for hydroxylation is 1. The van der Waals surface area contributed by atoms with Gasteiger partial charge >= 0.3 is 5.97 Å². The normalized spacial score (nSPS) is 18.9. The maximum absolute atomic E-state index is 12.0. The van der Waals surface area contributed by atoms with Gasteiger partial charge in [-0.3, -0.25) is 4.79 Å². The first-order chi connectivity index (χ1) is 8.16. The summed E-state index contributed by atoms with van der Waals surface area (Å²) in [6, 6.07) is 4.09. The maximum Gasteiger partial charge on any atom is 0.314 e. The zero-order chi connectivity index (χ0) is 12.3. The summed E-state index contributed by atoms with van der Waals surface area (Å²) in [6.45, 7) is 4.00. The Kier molecular flexibility index (Phi) is 4.21. The molecular weight excluding hydrogens is 232 g/mol. The van der Waals surface area contributed by atoms with Gasteiger partial charge in [0.25, 0.3) is 0 Å². The van der Waals surface area contributed by atoms with Crippen molar-refractivity contribution < 1.29 is 9.53 Å². The summed E-state index contributed by atoms with van der Waals surface area (Å²) in [5.41, 5.74) is 0. The van der Waals surface area contributed by atoms with Crippen molar-refractivity contribution in [1.29, 1.82) is 0 Å². The van der Waals surface area contributed by atoms with Gasteiger partial charge in [-0.05, 0) is 51.7 Å². The van der Waals surface area contributed by atoms with Crippen LogP contribution in [0.3, 0.4) is 0 Å². The lowest BCUT2D eigenvalue weighted by Crippen LogP contribution is -2.23. The summed E-state index contributed by atoms with van der Waals surface area (Å²) in [4.78, 5) is 14.4. The number of rotatable bonds is 3. The topological polar surface area (TPSA) is 26.3 Å². The van der Waals surface area contributed by atoms with Crippen LogP contribution in [0.5, 0.6) is 0 Å². The van der Waals surface area contributed by atoms with E-state index in [1.54, 1.807) is 11.3 Å². The molecule has 17 heavy (non-hydrogen) atoms. The van der Waals surface area contributed by atoms with Crippen molar-refractivity contribution in [2.75, 3.05) is 0 Å². The number of hydrogen-bond donors (Lipinski definition) is 0. The third-order valence-corrected chi connectivity index (χ3v) is 4.56. The van der Waals surface area contributed by atoms with Crippen LogP contribution >= 0.6 is 11.3 Å². The van der Waals surface area contributed by atoms with Gasteiger partial charge in [-0.2, -0.15) is 0 Å². The third kappa shape index (κ3) is 3.32. The lowest BCUT2D eigenvalue weighted by Gasteiger charge is -2.23. The molecule has 0 aromatic carbocycles. The van der Waals surface area contributed by atoms with Crippen LogP contribution in [0.25, 0.3) is 0 Å². The molecule has 0 aliphatic heterocycles. The summed E-state index contributed by atoms with van der Waals surface area (Å²) in [5, 5.41) is 0. The molecular formula is C14H20O2S. The second kappa shape index (κ2) is 5.67. The molecule has 3 heteroatoms. The van der Waals surface area contributed by atoms with Crippen LogP contribution in [-0.4, -0.2) is 12.1 Å². The van der Waals surface area contributed by atoms with E-state index in [2.05, 4.69) is 13.0 Å². The van der Waals surface area contributed by atoms with Gasteiger partial charge in [-0.15, -0.1) is 11.3 Å². The number of ether oxygens (including phenoxy) is 1. The monoisotopic (exact) mass is 252 g/mol. The molecule has 0 N–H and O–H groups in total. The van der Waals surface area contributed by atoms with Gasteiger partial charge in [0.1, 0.15) is 6.10 Å². The Morgan fingerprint density at radius 3 is 2.65 bits per heavy atom. The lowest BCUT2D eigenvalue weighted by molar-refractivity contribution is -0.151. The zero-order valence-corrected chi connectivity index (χ0v) is 11.4. The number of thiophene rings is 1. The van der Waals surface area contributed by atoms with Crippen molar-refractivity contribution in [3.05, 3.63) is 21.9 Å². The van der Waals surface area contributed by atoms with Crippen LogP contribution in [0.2, 0.25) is 0 Å². The molecule has 1 fully saturated rings. The molecule has 2 rings (SSSR count). The fourth-order valence-corrected chi connectivity index (χ4v) is 3.17. The van der Waals surface area contributed by atoms with E-state index in [1.807, 2.05) is 13.0 Å². The van der Waals surface area contributed by atoms with Crippen molar-refractivity contribution in [3.8, 4) is 0 Å². The van der Waals surface area contributed by atoms with E-state index < -0.39 is 0 Å². The van der Waals surface area contributed by atoms with E-state index in [4.69, 9.17) is 4.74 Å². The van der Waals surface area contributed by atoms with Crippen LogP contribution in [0.4, 0.5) is 0 Å². The van der Waals surface area contributed by atoms with Crippen LogP contribution in [0.1, 0.15) is 54.7 Å². The molecule has 0 amide bonds. The standard InChI is InChI=1S/C14H20O2S/c1-10-8-9-13(17-10)11(2)14(15)16-12-6-4-3-5-7-12/h8-9,11-12H,3-7H2,1-2H3. The number of esters is 1. The van der Waals surface area contributed by atoms with E-state index >= 15 is 0 Å². The summed E-state index contributed by atoms with van der Waals surface area (Å²) in [7, 11) is 0. The highest BCUT2D eigenvalue weighted by molar-refractivity contribution is 7.12. The molecule has 1 unspecified atom stereocenters. The molecule has 0 bridgehead atoms. The van der Waals surface area contributed by atoms with Crippen molar-refractivity contribution in [3.63, 3.8) is 0 Å². The molecule has 1 aromatic heterocycles. The van der Waals surface area contributed by atoms with Crippen molar-refractivity contribution in [2.45, 2.75) is 58.0 Å². The third-order valence-electron chi connectivity index (χ3n) is 3.38. The van der Waals surface area contributed by atoms with E-state index in [-0.39, 0.29) is 18.0 Å². The molecule has 1 aromatic rings. The molecule has 0 spiro atoms. The van der Waals surface area contributed by atoms with Gasteiger partial charge in [0.2, 0.25) is 0 Å². The second-order valence-electron chi connectivity index (χ2n) is 4.87. The van der Waals surface area contributed by atoms with Gasteiger partial charge in [0.05, 0.1) is 5.92 Å². The first kappa shape index (κ1) is 12.6. The molecule has 2 nitrogen and oxygen atoms in total. The number of carbonyl (C=O) groups is 1. The highest BCUT2D eigenvalue weighted by Gasteiger charge is 2.23. The first-order valence-electron chi connectivity index (χ1n) is 6.43. The van der Waals surface area contributed by atoms with Crippen LogP contribution in [-0.2, 0) is 9.53 Å². The van der Waals surface area contributed by atoms with Gasteiger partial charge < -0.3 is 4.74 Å². The molecule has 0 saturated heterocycles. The Morgan fingerprint density at radius 2 is 2.06 bits per heavy atom. The average molecular weight is 252 g/mol. The molecule has 1 heterocycles. The largest absolute Gasteiger partial charge is 0.462 e. The fourth-order valence-electron chi connectivity index (χ4n) is 2.25. The molecule has 1 aliphatic carbocycles. The van der Waals surface area contributed by atoms with Crippen molar-refractivity contribution >= 4 is 17.3 Å². The minimum Gasteiger partial charge on any atom is -0.462 e. The minimum absolute atomic E-state index is 0.0567. The molecule has 0 radical (unpaired) electrons. The fraction of sp³-hybridized carbons (Fsp3) is 0.643. The van der Waals surface area contributed by atoms with Crippen LogP contribution in [0.15, 0.2) is 12.1 Å². The number of hydrogen-bond acceptors (Lipinski definition) is 3. The van der Waals surface area contributed by atoms with E-state index in [0.29, 0.717) is 0 Å². The highest BCUT2D eigenvalue weighted by Crippen LogP contribution is 2.27. The Bertz CT molecular complexity index is 377. The zero-order valence-electron chi connectivity index (χ0n) is 10.6. The van der Waals surface area contributed by atoms with Gasteiger partial charge in [-0.1, -0.05) is 6.42 Å². The second-order valence-corrected chi connectivity index (χ2v) is 6.19. The molecule has 1 saturated carbocycles. The Labute approximate surface area is 107 Å². The summed E-state index contributed by atoms with van der Waals surface area (Å²) < 4.78 is 5.58. The minimum atomic E-state index is -0.115. The van der Waals surface area contributed by atoms with Crippen molar-refractivity contribution in [2.24, 2.45) is 0 Å². The predicted octanol–water partition coefficient (Wildman–Crippen LogP) is 4.04. The first-order valence-corrected chi connectivity index (χ1v) is 7.25. The van der Waals surface area contributed by atoms with Crippen LogP contribution < -0.4 is 0 Å². The predicted molar refractivity (Wildman–Crippen MR) is 70.4 cm³/mol. The molecule has 1 aliphatic rings. The Hall–Kier alpha value is -0.830. The molecule has 94 valence electrons. The Balaban J connectivity index is 1.90. The van der Waals surface area contributed by atoms with Gasteiger partial charge in [0, 0.05) is 9.75 Å². The van der Waals surface area contributed by atoms with Gasteiger partial charge in [0.15, 0.2) is 0 Å². The SMILES string of the molecule is Cc1ccc(C(C)C(=O)OC2CCCCC2)s1. The Morgan fingerprint density at radius 1 is 1.35 bits per heavy atom. The maximum atomic E-state index is 12.0. The van der Waals surface area contributed by atoms with Crippen molar-refractivity contribution in [1.82, 2.24) is 0 Å². The lowest BCUT2D eigenvalue weighted by atomic mass is 9.97. The summed E-state index contributed by atoms with van der Waals surface area (Å²) in [5.74, 6) is -0.172. The summed E-state index contributed by atoms with van der Waals surface area (Å²) >= 11 is 1.69. The van der Waals surface area contributed by atoms with E-state index in [1.165, 1.54) is 24.1 Å². The van der Waals surface area contributed by atoms with Crippen LogP contribution in [0, 0.1) is 6.92 Å². The quantitative estimate of drug-likeness (QED) is 0.759. The average Bonchev–Trinajstić information content (AvgIpc) is 2.76. The number of carbonyl (C=O) groups excluding carboxylic acids is 1.